The molecule has 0 fully saturated rings. The third kappa shape index (κ3) is 2.94. The fourth-order valence-electron chi connectivity index (χ4n) is 2.18. The monoisotopic (exact) mass is 280 g/mol. The van der Waals surface area contributed by atoms with Gasteiger partial charge in [0.25, 0.3) is 5.91 Å². The number of ether oxygens (including phenoxy) is 1. The predicted molar refractivity (Wildman–Crippen MR) is 82.9 cm³/mol. The summed E-state index contributed by atoms with van der Waals surface area (Å²) in [5.41, 5.74) is 3.28. The van der Waals surface area contributed by atoms with E-state index in [9.17, 15) is 4.79 Å². The van der Waals surface area contributed by atoms with Crippen LogP contribution in [0.25, 0.3) is 0 Å². The van der Waals surface area contributed by atoms with Gasteiger partial charge in [0.05, 0.1) is 17.8 Å². The van der Waals surface area contributed by atoms with Gasteiger partial charge in [-0.2, -0.15) is 0 Å². The Morgan fingerprint density at radius 2 is 1.90 bits per heavy atom. The summed E-state index contributed by atoms with van der Waals surface area (Å²) in [5, 5.41) is 2.92. The number of aliphatic imine (C=N–C) groups is 1. The maximum Gasteiger partial charge on any atom is 0.255 e. The summed E-state index contributed by atoms with van der Waals surface area (Å²) in [6, 6.07) is 15.0. The van der Waals surface area contributed by atoms with E-state index >= 15 is 0 Å². The van der Waals surface area contributed by atoms with Crippen molar-refractivity contribution < 1.29 is 9.53 Å². The van der Waals surface area contributed by atoms with E-state index in [4.69, 9.17) is 4.74 Å². The topological polar surface area (TPSA) is 50.7 Å². The van der Waals surface area contributed by atoms with Crippen LogP contribution in [0.1, 0.15) is 21.5 Å². The van der Waals surface area contributed by atoms with Gasteiger partial charge >= 0.3 is 0 Å². The highest BCUT2D eigenvalue weighted by atomic mass is 16.5. The van der Waals surface area contributed by atoms with Crippen LogP contribution in [-0.2, 0) is 4.74 Å². The van der Waals surface area contributed by atoms with E-state index in [1.165, 1.54) is 0 Å². The van der Waals surface area contributed by atoms with E-state index in [1.54, 1.807) is 0 Å². The molecule has 3 rings (SSSR count). The summed E-state index contributed by atoms with van der Waals surface area (Å²) in [6.07, 6.45) is 0. The van der Waals surface area contributed by atoms with E-state index in [0.29, 0.717) is 30.3 Å². The average Bonchev–Trinajstić information content (AvgIpc) is 3.02. The minimum absolute atomic E-state index is 0.138. The molecular weight excluding hydrogens is 264 g/mol. The molecule has 2 aromatic rings. The smallest absolute Gasteiger partial charge is 0.255 e. The van der Waals surface area contributed by atoms with Gasteiger partial charge in [-0.25, -0.2) is 4.99 Å². The van der Waals surface area contributed by atoms with E-state index in [0.717, 1.165) is 11.1 Å². The van der Waals surface area contributed by atoms with Crippen molar-refractivity contribution in [3.8, 4) is 0 Å². The molecule has 21 heavy (non-hydrogen) atoms. The third-order valence-corrected chi connectivity index (χ3v) is 3.30. The van der Waals surface area contributed by atoms with Gasteiger partial charge in [0.1, 0.15) is 6.61 Å². The first kappa shape index (κ1) is 13.4. The number of carbonyl (C=O) groups excluding carboxylic acids is 1. The minimum Gasteiger partial charge on any atom is -0.475 e. The SMILES string of the molecule is Cc1ccc(C(=O)Nc2ccccc2C2=NCCO2)cc1. The van der Waals surface area contributed by atoms with Crippen molar-refractivity contribution >= 4 is 17.5 Å². The Kier molecular flexibility index (Phi) is 3.69. The van der Waals surface area contributed by atoms with Crippen molar-refractivity contribution in [1.29, 1.82) is 0 Å². The first-order chi connectivity index (χ1) is 10.2. The van der Waals surface area contributed by atoms with Gasteiger partial charge in [0.2, 0.25) is 5.90 Å². The Balaban J connectivity index is 1.84. The number of nitrogens with zero attached hydrogens (tertiary/aromatic N) is 1. The fourth-order valence-corrected chi connectivity index (χ4v) is 2.18. The Labute approximate surface area is 123 Å². The van der Waals surface area contributed by atoms with Gasteiger partial charge in [0.15, 0.2) is 0 Å². The molecule has 0 aromatic heterocycles. The molecule has 0 bridgehead atoms. The molecule has 0 radical (unpaired) electrons. The molecule has 1 amide bonds. The second-order valence-corrected chi connectivity index (χ2v) is 4.90. The number of amides is 1. The number of nitrogens with one attached hydrogen (secondary N) is 1. The zero-order valence-electron chi connectivity index (χ0n) is 11.8. The molecule has 1 heterocycles. The highest BCUT2D eigenvalue weighted by Gasteiger charge is 2.16. The maximum atomic E-state index is 12.3. The number of rotatable bonds is 3. The Morgan fingerprint density at radius 3 is 2.62 bits per heavy atom. The quantitative estimate of drug-likeness (QED) is 0.939. The number of hydrogen-bond acceptors (Lipinski definition) is 3. The van der Waals surface area contributed by atoms with Crippen molar-refractivity contribution in [3.05, 3.63) is 65.2 Å². The molecule has 2 aromatic carbocycles. The van der Waals surface area contributed by atoms with Crippen molar-refractivity contribution in [2.24, 2.45) is 4.99 Å². The normalized spacial score (nSPS) is 13.5. The van der Waals surface area contributed by atoms with Gasteiger partial charge in [-0.1, -0.05) is 29.8 Å². The largest absolute Gasteiger partial charge is 0.475 e. The van der Waals surface area contributed by atoms with Crippen LogP contribution in [0.15, 0.2) is 53.5 Å². The van der Waals surface area contributed by atoms with Gasteiger partial charge in [-0.05, 0) is 31.2 Å². The Morgan fingerprint density at radius 1 is 1.14 bits per heavy atom. The van der Waals surface area contributed by atoms with Gasteiger partial charge in [-0.15, -0.1) is 0 Å². The first-order valence-electron chi connectivity index (χ1n) is 6.89. The fraction of sp³-hybridized carbons (Fsp3) is 0.176. The molecule has 4 nitrogen and oxygen atoms in total. The van der Waals surface area contributed by atoms with Crippen LogP contribution in [-0.4, -0.2) is 25.0 Å². The molecule has 1 aliphatic heterocycles. The van der Waals surface area contributed by atoms with Crippen molar-refractivity contribution in [2.75, 3.05) is 18.5 Å². The summed E-state index contributed by atoms with van der Waals surface area (Å²) >= 11 is 0. The molecule has 0 saturated carbocycles. The van der Waals surface area contributed by atoms with Crippen LogP contribution >= 0.6 is 0 Å². The molecule has 1 N–H and O–H groups in total. The number of benzene rings is 2. The molecule has 4 heteroatoms. The molecular formula is C17H16N2O2. The molecule has 106 valence electrons. The predicted octanol–water partition coefficient (Wildman–Crippen LogP) is 3.02. The van der Waals surface area contributed by atoms with Crippen LogP contribution < -0.4 is 5.32 Å². The maximum absolute atomic E-state index is 12.3. The van der Waals surface area contributed by atoms with Crippen LogP contribution in [0, 0.1) is 6.92 Å². The van der Waals surface area contributed by atoms with Crippen LogP contribution in [0.3, 0.4) is 0 Å². The number of anilines is 1. The van der Waals surface area contributed by atoms with E-state index < -0.39 is 0 Å². The highest BCUT2D eigenvalue weighted by Crippen LogP contribution is 2.19. The summed E-state index contributed by atoms with van der Waals surface area (Å²) < 4.78 is 5.48. The van der Waals surface area contributed by atoms with E-state index in [-0.39, 0.29) is 5.91 Å². The second kappa shape index (κ2) is 5.79. The Hall–Kier alpha value is -2.62. The highest BCUT2D eigenvalue weighted by molar-refractivity contribution is 6.09. The summed E-state index contributed by atoms with van der Waals surface area (Å²) in [6.45, 7) is 3.25. The minimum atomic E-state index is -0.138. The molecule has 1 aliphatic rings. The van der Waals surface area contributed by atoms with Gasteiger partial charge in [-0.3, -0.25) is 4.79 Å². The number of carbonyl (C=O) groups is 1. The average molecular weight is 280 g/mol. The lowest BCUT2D eigenvalue weighted by Crippen LogP contribution is -2.15. The lowest BCUT2D eigenvalue weighted by molar-refractivity contribution is 0.102. The molecule has 0 atom stereocenters. The van der Waals surface area contributed by atoms with E-state index in [1.807, 2.05) is 55.5 Å². The summed E-state index contributed by atoms with van der Waals surface area (Å²) in [7, 11) is 0. The molecule has 0 unspecified atom stereocenters. The number of para-hydroxylation sites is 1. The van der Waals surface area contributed by atoms with Crippen molar-refractivity contribution in [1.82, 2.24) is 0 Å². The lowest BCUT2D eigenvalue weighted by Gasteiger charge is -2.11. The third-order valence-electron chi connectivity index (χ3n) is 3.30. The molecule has 0 aliphatic carbocycles. The van der Waals surface area contributed by atoms with Crippen molar-refractivity contribution in [2.45, 2.75) is 6.92 Å². The van der Waals surface area contributed by atoms with Crippen LogP contribution in [0.4, 0.5) is 5.69 Å². The molecule has 0 spiro atoms. The van der Waals surface area contributed by atoms with Crippen LogP contribution in [0.5, 0.6) is 0 Å². The van der Waals surface area contributed by atoms with Gasteiger partial charge in [0, 0.05) is 5.56 Å². The molecule has 0 saturated heterocycles. The Bertz CT molecular complexity index is 690. The van der Waals surface area contributed by atoms with Crippen molar-refractivity contribution in [3.63, 3.8) is 0 Å². The van der Waals surface area contributed by atoms with Gasteiger partial charge < -0.3 is 10.1 Å². The summed E-state index contributed by atoms with van der Waals surface area (Å²) in [5.74, 6) is 0.454. The number of hydrogen-bond donors (Lipinski definition) is 1. The van der Waals surface area contributed by atoms with E-state index in [2.05, 4.69) is 10.3 Å². The zero-order valence-corrected chi connectivity index (χ0v) is 11.8. The summed E-state index contributed by atoms with van der Waals surface area (Å²) in [4.78, 5) is 16.6. The first-order valence-corrected chi connectivity index (χ1v) is 6.89. The second-order valence-electron chi connectivity index (χ2n) is 4.90. The number of aryl methyl sites for hydroxylation is 1. The zero-order chi connectivity index (χ0) is 14.7. The standard InChI is InChI=1S/C17H16N2O2/c1-12-6-8-13(9-7-12)16(20)19-15-5-3-2-4-14(15)17-18-10-11-21-17/h2-9H,10-11H2,1H3,(H,19,20). The van der Waals surface area contributed by atoms with Crippen LogP contribution in [0.2, 0.25) is 0 Å². The lowest BCUT2D eigenvalue weighted by atomic mass is 10.1.